The van der Waals surface area contributed by atoms with Gasteiger partial charge in [0.25, 0.3) is 5.91 Å². The first-order chi connectivity index (χ1) is 12.9. The number of carbonyl (C=O) groups excluding carboxylic acids is 1. The van der Waals surface area contributed by atoms with E-state index in [1.54, 1.807) is 13.8 Å². The monoisotopic (exact) mass is 469 g/mol. The molecule has 0 spiro atoms. The molecule has 0 atom stereocenters. The van der Waals surface area contributed by atoms with Crippen molar-refractivity contribution >= 4 is 17.5 Å². The maximum absolute atomic E-state index is 14.0. The van der Waals surface area contributed by atoms with Gasteiger partial charge in [-0.25, -0.2) is 0 Å². The Kier molecular flexibility index (Phi) is 9.59. The van der Waals surface area contributed by atoms with E-state index in [1.165, 1.54) is 0 Å². The van der Waals surface area contributed by atoms with Crippen molar-refractivity contribution in [3.05, 3.63) is 0 Å². The summed E-state index contributed by atoms with van der Waals surface area (Å²) in [6.07, 6.45) is 1.96. The highest BCUT2D eigenvalue weighted by Crippen LogP contribution is 2.58. The zero-order valence-electron chi connectivity index (χ0n) is 15.7. The predicted octanol–water partition coefficient (Wildman–Crippen LogP) is 6.57. The molecule has 0 heterocycles. The summed E-state index contributed by atoms with van der Waals surface area (Å²) in [4.78, 5) is 12.1. The number of amides is 1. The van der Waals surface area contributed by atoms with Gasteiger partial charge in [0.15, 0.2) is 0 Å². The molecule has 0 saturated heterocycles. The Morgan fingerprint density at radius 1 is 0.690 bits per heavy atom. The second-order valence-electron chi connectivity index (χ2n) is 6.50. The molecule has 29 heavy (non-hydrogen) atoms. The number of alkyl halides is 11. The predicted molar refractivity (Wildman–Crippen MR) is 86.2 cm³/mol. The van der Waals surface area contributed by atoms with Crippen molar-refractivity contribution in [2.75, 3.05) is 13.1 Å². The maximum Gasteiger partial charge on any atom is 0.393 e. The standard InChI is InChI=1S/C16H22ClF10NO/c1-3-5-7-9-28(10-8-6-4-2)11(29)12(18,19)13(20,21)14(22,23)15(24,25)16(17,26)27/h3-10H2,1-2H3. The molecule has 0 N–H and O–H groups in total. The van der Waals surface area contributed by atoms with Gasteiger partial charge < -0.3 is 4.90 Å². The van der Waals surface area contributed by atoms with E-state index in [1.807, 2.05) is 0 Å². The van der Waals surface area contributed by atoms with Crippen LogP contribution in [0.15, 0.2) is 0 Å². The molecule has 1 amide bonds. The van der Waals surface area contributed by atoms with Crippen LogP contribution in [0.5, 0.6) is 0 Å². The van der Waals surface area contributed by atoms with Crippen LogP contribution in [0.25, 0.3) is 0 Å². The normalized spacial score (nSPS) is 14.2. The maximum atomic E-state index is 14.0. The summed E-state index contributed by atoms with van der Waals surface area (Å²) in [5.41, 5.74) is 0. The number of carbonyl (C=O) groups is 1. The van der Waals surface area contributed by atoms with Crippen LogP contribution in [0.1, 0.15) is 52.4 Å². The average Bonchev–Trinajstić information content (AvgIpc) is 2.58. The van der Waals surface area contributed by atoms with Crippen LogP contribution >= 0.6 is 11.6 Å². The van der Waals surface area contributed by atoms with Crippen LogP contribution in [0.2, 0.25) is 0 Å². The van der Waals surface area contributed by atoms with Gasteiger partial charge in [-0.3, -0.25) is 4.79 Å². The summed E-state index contributed by atoms with van der Waals surface area (Å²) < 4.78 is 134. The third-order valence-corrected chi connectivity index (χ3v) is 4.40. The Morgan fingerprint density at radius 3 is 1.38 bits per heavy atom. The highest BCUT2D eigenvalue weighted by Gasteiger charge is 2.87. The van der Waals surface area contributed by atoms with E-state index >= 15 is 0 Å². The van der Waals surface area contributed by atoms with E-state index in [2.05, 4.69) is 11.6 Å². The van der Waals surface area contributed by atoms with Gasteiger partial charge in [-0.2, -0.15) is 43.9 Å². The van der Waals surface area contributed by atoms with Crippen LogP contribution < -0.4 is 0 Å². The summed E-state index contributed by atoms with van der Waals surface area (Å²) in [5, 5.41) is -6.28. The number of unbranched alkanes of at least 4 members (excludes halogenated alkanes) is 4. The molecule has 174 valence electrons. The van der Waals surface area contributed by atoms with Gasteiger partial charge in [-0.05, 0) is 24.4 Å². The van der Waals surface area contributed by atoms with Gasteiger partial charge in [-0.15, -0.1) is 0 Å². The average molecular weight is 470 g/mol. The minimum absolute atomic E-state index is 0.0579. The molecule has 0 unspecified atom stereocenters. The summed E-state index contributed by atoms with van der Waals surface area (Å²) in [5.74, 6) is -30.8. The van der Waals surface area contributed by atoms with E-state index in [-0.39, 0.29) is 17.7 Å². The zero-order chi connectivity index (χ0) is 23.3. The molecule has 0 aliphatic heterocycles. The summed E-state index contributed by atoms with van der Waals surface area (Å²) >= 11 is 3.74. The van der Waals surface area contributed by atoms with Crippen molar-refractivity contribution in [1.29, 1.82) is 0 Å². The zero-order valence-corrected chi connectivity index (χ0v) is 16.4. The molecule has 0 bridgehead atoms. The number of rotatable bonds is 13. The lowest BCUT2D eigenvalue weighted by molar-refractivity contribution is -0.383. The van der Waals surface area contributed by atoms with Gasteiger partial charge in [0.05, 0.1) is 0 Å². The molecule has 2 nitrogen and oxygen atoms in total. The Bertz CT molecular complexity index is 526. The highest BCUT2D eigenvalue weighted by atomic mass is 35.5. The molecule has 0 aromatic carbocycles. The number of hydrogen-bond donors (Lipinski definition) is 0. The smallest absolute Gasteiger partial charge is 0.337 e. The largest absolute Gasteiger partial charge is 0.393 e. The van der Waals surface area contributed by atoms with E-state index in [0.717, 1.165) is 0 Å². The number of hydrogen-bond acceptors (Lipinski definition) is 1. The number of halogens is 11. The van der Waals surface area contributed by atoms with E-state index in [4.69, 9.17) is 0 Å². The fourth-order valence-corrected chi connectivity index (χ4v) is 2.44. The van der Waals surface area contributed by atoms with Gasteiger partial charge in [0.2, 0.25) is 0 Å². The van der Waals surface area contributed by atoms with Gasteiger partial charge in [-0.1, -0.05) is 39.5 Å². The first-order valence-corrected chi connectivity index (χ1v) is 9.18. The van der Waals surface area contributed by atoms with E-state index in [0.29, 0.717) is 25.7 Å². The van der Waals surface area contributed by atoms with Crippen LogP contribution in [0, 0.1) is 0 Å². The SMILES string of the molecule is CCCCCN(CCCCC)C(=O)C(F)(F)C(F)(F)C(F)(F)C(F)(F)C(F)(F)Cl. The summed E-state index contributed by atoms with van der Waals surface area (Å²) in [7, 11) is 0. The number of nitrogens with zero attached hydrogens (tertiary/aromatic N) is 1. The quantitative estimate of drug-likeness (QED) is 0.170. The second kappa shape index (κ2) is 9.91. The Labute approximate surface area is 166 Å². The van der Waals surface area contributed by atoms with Crippen molar-refractivity contribution < 1.29 is 48.7 Å². The van der Waals surface area contributed by atoms with Crippen LogP contribution in [-0.4, -0.2) is 53.0 Å². The molecule has 0 rings (SSSR count). The van der Waals surface area contributed by atoms with Gasteiger partial charge in [0.1, 0.15) is 0 Å². The lowest BCUT2D eigenvalue weighted by Crippen LogP contribution is -2.69. The third kappa shape index (κ3) is 5.61. The fraction of sp³-hybridized carbons (Fsp3) is 0.938. The Hall–Kier alpha value is -0.940. The van der Waals surface area contributed by atoms with Crippen LogP contribution in [0.3, 0.4) is 0 Å². The molecular formula is C16H22ClF10NO. The fourth-order valence-electron chi connectivity index (χ4n) is 2.33. The third-order valence-electron chi connectivity index (χ3n) is 4.16. The molecule has 0 aromatic heterocycles. The lowest BCUT2D eigenvalue weighted by Gasteiger charge is -2.38. The van der Waals surface area contributed by atoms with Crippen LogP contribution in [0.4, 0.5) is 43.9 Å². The van der Waals surface area contributed by atoms with Crippen LogP contribution in [-0.2, 0) is 4.79 Å². The Balaban J connectivity index is 5.93. The summed E-state index contributed by atoms with van der Waals surface area (Å²) in [6.45, 7) is 2.35. The topological polar surface area (TPSA) is 20.3 Å². The van der Waals surface area contributed by atoms with E-state index in [9.17, 15) is 48.7 Å². The van der Waals surface area contributed by atoms with Crippen molar-refractivity contribution in [2.24, 2.45) is 0 Å². The molecule has 0 fully saturated rings. The van der Waals surface area contributed by atoms with E-state index < -0.39 is 48.1 Å². The van der Waals surface area contributed by atoms with Crippen molar-refractivity contribution in [1.82, 2.24) is 4.90 Å². The molecule has 0 saturated carbocycles. The van der Waals surface area contributed by atoms with Crippen molar-refractivity contribution in [3.63, 3.8) is 0 Å². The summed E-state index contributed by atoms with van der Waals surface area (Å²) in [6, 6.07) is 0. The molecule has 0 aromatic rings. The Morgan fingerprint density at radius 2 is 1.07 bits per heavy atom. The molecule has 0 aliphatic carbocycles. The second-order valence-corrected chi connectivity index (χ2v) is 6.98. The molecular weight excluding hydrogens is 448 g/mol. The van der Waals surface area contributed by atoms with Gasteiger partial charge in [0, 0.05) is 13.1 Å². The first kappa shape index (κ1) is 28.1. The van der Waals surface area contributed by atoms with Crippen molar-refractivity contribution in [3.8, 4) is 0 Å². The highest BCUT2D eigenvalue weighted by molar-refractivity contribution is 6.22. The molecule has 13 heteroatoms. The van der Waals surface area contributed by atoms with Gasteiger partial charge >= 0.3 is 29.1 Å². The minimum atomic E-state index is -7.33. The lowest BCUT2D eigenvalue weighted by atomic mass is 9.97. The first-order valence-electron chi connectivity index (χ1n) is 8.80. The van der Waals surface area contributed by atoms with Crippen molar-refractivity contribution in [2.45, 2.75) is 81.4 Å². The molecule has 0 radical (unpaired) electrons. The molecule has 0 aliphatic rings. The minimum Gasteiger partial charge on any atom is -0.337 e.